The van der Waals surface area contributed by atoms with Crippen molar-refractivity contribution in [3.63, 3.8) is 0 Å². The highest BCUT2D eigenvalue weighted by Gasteiger charge is 2.52. The standard InChI is InChI=1S/C25H42O9S/c1-6-7-8-9-10-11-12-13-14-15-35-25-24(33-20(5)29)23(32-19(4)28)22(31-18(3)27)21(34-25)16-30-17(2)26/h21-25H,6-16H2,1-5H3/t21-,22-,23+,24-,25+/m1/s1. The van der Waals surface area contributed by atoms with Gasteiger partial charge in [0.1, 0.15) is 18.1 Å². The Balaban J connectivity index is 2.83. The molecule has 0 aliphatic carbocycles. The highest BCUT2D eigenvalue weighted by Crippen LogP contribution is 2.34. The molecule has 1 heterocycles. The summed E-state index contributed by atoms with van der Waals surface area (Å²) in [6.07, 6.45) is 6.70. The topological polar surface area (TPSA) is 114 Å². The van der Waals surface area contributed by atoms with E-state index in [1.165, 1.54) is 78.0 Å². The van der Waals surface area contributed by atoms with Gasteiger partial charge in [-0.3, -0.25) is 19.2 Å². The molecule has 0 radical (unpaired) electrons. The van der Waals surface area contributed by atoms with Crippen molar-refractivity contribution in [3.05, 3.63) is 0 Å². The molecule has 5 atom stereocenters. The molecule has 1 rings (SSSR count). The highest BCUT2D eigenvalue weighted by molar-refractivity contribution is 7.99. The smallest absolute Gasteiger partial charge is 0.303 e. The van der Waals surface area contributed by atoms with Crippen LogP contribution in [0.15, 0.2) is 0 Å². The second-order valence-electron chi connectivity index (χ2n) is 8.77. The summed E-state index contributed by atoms with van der Waals surface area (Å²) in [7, 11) is 0. The minimum Gasteiger partial charge on any atom is -0.463 e. The summed E-state index contributed by atoms with van der Waals surface area (Å²) in [5.41, 5.74) is -0.690. The van der Waals surface area contributed by atoms with E-state index in [9.17, 15) is 19.2 Å². The van der Waals surface area contributed by atoms with E-state index < -0.39 is 53.7 Å². The average Bonchev–Trinajstić information content (AvgIpc) is 2.76. The van der Waals surface area contributed by atoms with Crippen LogP contribution in [-0.4, -0.2) is 66.1 Å². The first-order valence-corrected chi connectivity index (χ1v) is 13.6. The molecule has 0 aromatic heterocycles. The molecule has 1 aliphatic heterocycles. The molecule has 10 heteroatoms. The molecule has 0 aromatic rings. The van der Waals surface area contributed by atoms with Gasteiger partial charge in [-0.05, 0) is 12.2 Å². The number of esters is 4. The molecule has 1 fully saturated rings. The SMILES string of the molecule is CCCCCCCCCCCS[C@@H]1O[C@H](COC(C)=O)[C@@H](OC(C)=O)[C@H](OC(C)=O)[C@H]1OC(C)=O. The quantitative estimate of drug-likeness (QED) is 0.166. The lowest BCUT2D eigenvalue weighted by Crippen LogP contribution is -2.61. The molecule has 0 aromatic carbocycles. The van der Waals surface area contributed by atoms with Crippen molar-refractivity contribution in [2.75, 3.05) is 12.4 Å². The molecule has 9 nitrogen and oxygen atoms in total. The second-order valence-corrected chi connectivity index (χ2v) is 9.97. The number of unbranched alkanes of at least 4 members (excludes halogenated alkanes) is 8. The molecule has 0 saturated carbocycles. The monoisotopic (exact) mass is 518 g/mol. The fourth-order valence-electron chi connectivity index (χ4n) is 3.94. The van der Waals surface area contributed by atoms with Crippen molar-refractivity contribution >= 4 is 35.6 Å². The fraction of sp³-hybridized carbons (Fsp3) is 0.840. The van der Waals surface area contributed by atoms with E-state index >= 15 is 0 Å². The number of carbonyl (C=O) groups excluding carboxylic acids is 4. The Morgan fingerprint density at radius 2 is 1.14 bits per heavy atom. The van der Waals surface area contributed by atoms with E-state index in [0.29, 0.717) is 0 Å². The van der Waals surface area contributed by atoms with Crippen LogP contribution in [-0.2, 0) is 42.9 Å². The van der Waals surface area contributed by atoms with Crippen LogP contribution < -0.4 is 0 Å². The zero-order valence-electron chi connectivity index (χ0n) is 21.7. The van der Waals surface area contributed by atoms with Crippen molar-refractivity contribution in [1.82, 2.24) is 0 Å². The van der Waals surface area contributed by atoms with E-state index in [-0.39, 0.29) is 6.61 Å². The van der Waals surface area contributed by atoms with Crippen LogP contribution in [0.1, 0.15) is 92.4 Å². The number of carbonyl (C=O) groups is 4. The number of ether oxygens (including phenoxy) is 5. The number of rotatable bonds is 16. The van der Waals surface area contributed by atoms with E-state index in [0.717, 1.165) is 25.0 Å². The number of thioether (sulfide) groups is 1. The maximum Gasteiger partial charge on any atom is 0.303 e. The van der Waals surface area contributed by atoms with E-state index in [4.69, 9.17) is 23.7 Å². The lowest BCUT2D eigenvalue weighted by atomic mass is 9.99. The van der Waals surface area contributed by atoms with Crippen molar-refractivity contribution in [2.24, 2.45) is 0 Å². The van der Waals surface area contributed by atoms with Gasteiger partial charge in [-0.2, -0.15) is 0 Å². The maximum absolute atomic E-state index is 11.9. The Labute approximate surface area is 213 Å². The number of hydrogen-bond acceptors (Lipinski definition) is 10. The van der Waals surface area contributed by atoms with Crippen molar-refractivity contribution in [1.29, 1.82) is 0 Å². The van der Waals surface area contributed by atoms with Crippen LogP contribution in [0.4, 0.5) is 0 Å². The van der Waals surface area contributed by atoms with Gasteiger partial charge in [-0.1, -0.05) is 58.3 Å². The summed E-state index contributed by atoms with van der Waals surface area (Å²) < 4.78 is 27.5. The Hall–Kier alpha value is -1.81. The third kappa shape index (κ3) is 13.2. The minimum absolute atomic E-state index is 0.201. The highest BCUT2D eigenvalue weighted by atomic mass is 32.2. The molecule has 35 heavy (non-hydrogen) atoms. The molecule has 0 amide bonds. The van der Waals surface area contributed by atoms with Gasteiger partial charge >= 0.3 is 23.9 Å². The average molecular weight is 519 g/mol. The van der Waals surface area contributed by atoms with Crippen molar-refractivity contribution in [2.45, 2.75) is 122 Å². The largest absolute Gasteiger partial charge is 0.463 e. The first-order valence-electron chi connectivity index (χ1n) is 12.6. The molecule has 0 bridgehead atoms. The van der Waals surface area contributed by atoms with Gasteiger partial charge in [-0.25, -0.2) is 0 Å². The normalized spacial score (nSPS) is 23.9. The molecule has 0 N–H and O–H groups in total. The summed E-state index contributed by atoms with van der Waals surface area (Å²) >= 11 is 1.44. The van der Waals surface area contributed by atoms with Gasteiger partial charge in [0, 0.05) is 27.7 Å². The van der Waals surface area contributed by atoms with Gasteiger partial charge in [0.2, 0.25) is 0 Å². The summed E-state index contributed by atoms with van der Waals surface area (Å²) in [5, 5.41) is 0. The molecule has 1 saturated heterocycles. The predicted molar refractivity (Wildman–Crippen MR) is 132 cm³/mol. The zero-order chi connectivity index (χ0) is 26.2. The Kier molecular flexibility index (Phi) is 15.7. The van der Waals surface area contributed by atoms with Crippen LogP contribution in [0.25, 0.3) is 0 Å². The fourth-order valence-corrected chi connectivity index (χ4v) is 5.16. The summed E-state index contributed by atoms with van der Waals surface area (Å²) in [6, 6.07) is 0. The Bertz CT molecular complexity index is 669. The lowest BCUT2D eigenvalue weighted by molar-refractivity contribution is -0.237. The molecular weight excluding hydrogens is 476 g/mol. The van der Waals surface area contributed by atoms with Gasteiger partial charge in [0.05, 0.1) is 0 Å². The molecular formula is C25H42O9S. The first-order chi connectivity index (χ1) is 16.6. The molecule has 1 aliphatic rings. The minimum atomic E-state index is -1.11. The summed E-state index contributed by atoms with van der Waals surface area (Å²) in [4.78, 5) is 46.9. The van der Waals surface area contributed by atoms with E-state index in [1.54, 1.807) is 0 Å². The van der Waals surface area contributed by atoms with Crippen LogP contribution in [0, 0.1) is 0 Å². The van der Waals surface area contributed by atoms with Gasteiger partial charge in [0.25, 0.3) is 0 Å². The zero-order valence-corrected chi connectivity index (χ0v) is 22.6. The van der Waals surface area contributed by atoms with E-state index in [2.05, 4.69) is 6.92 Å². The van der Waals surface area contributed by atoms with Crippen LogP contribution in [0.5, 0.6) is 0 Å². The first kappa shape index (κ1) is 31.2. The van der Waals surface area contributed by atoms with Crippen LogP contribution in [0.3, 0.4) is 0 Å². The number of hydrogen-bond donors (Lipinski definition) is 0. The molecule has 0 unspecified atom stereocenters. The molecule has 0 spiro atoms. The summed E-state index contributed by atoms with van der Waals surface area (Å²) in [6.45, 7) is 6.94. The second kappa shape index (κ2) is 17.6. The van der Waals surface area contributed by atoms with Crippen molar-refractivity contribution in [3.8, 4) is 0 Å². The predicted octanol–water partition coefficient (Wildman–Crippen LogP) is 4.33. The third-order valence-corrected chi connectivity index (χ3v) is 6.71. The third-order valence-electron chi connectivity index (χ3n) is 5.48. The van der Waals surface area contributed by atoms with Crippen molar-refractivity contribution < 1.29 is 42.9 Å². The lowest BCUT2D eigenvalue weighted by Gasteiger charge is -2.44. The summed E-state index contributed by atoms with van der Waals surface area (Å²) in [5.74, 6) is -1.63. The van der Waals surface area contributed by atoms with Crippen LogP contribution in [0.2, 0.25) is 0 Å². The van der Waals surface area contributed by atoms with Gasteiger partial charge in [0.15, 0.2) is 18.3 Å². The molecule has 202 valence electrons. The Morgan fingerprint density at radius 3 is 1.66 bits per heavy atom. The van der Waals surface area contributed by atoms with Gasteiger partial charge < -0.3 is 23.7 Å². The van der Waals surface area contributed by atoms with Gasteiger partial charge in [-0.15, -0.1) is 11.8 Å². The maximum atomic E-state index is 11.9. The van der Waals surface area contributed by atoms with Crippen LogP contribution >= 0.6 is 11.8 Å². The van der Waals surface area contributed by atoms with E-state index in [1.807, 2.05) is 0 Å². The Morgan fingerprint density at radius 1 is 0.657 bits per heavy atom.